The Bertz CT molecular complexity index is 496. The summed E-state index contributed by atoms with van der Waals surface area (Å²) in [5, 5.41) is 19.6. The van der Waals surface area contributed by atoms with Crippen molar-refractivity contribution in [2.45, 2.75) is 13.1 Å². The number of Topliss-reactive ketones (excluding diaryl/α,β-unsaturated/α-hetero) is 1. The van der Waals surface area contributed by atoms with Crippen LogP contribution in [0.5, 0.6) is 5.75 Å². The highest BCUT2D eigenvalue weighted by Gasteiger charge is 2.41. The van der Waals surface area contributed by atoms with Gasteiger partial charge in [0.15, 0.2) is 5.78 Å². The number of hydrogen-bond acceptors (Lipinski definition) is 4. The molecule has 5 nitrogen and oxygen atoms in total. The molecule has 0 aliphatic carbocycles. The Labute approximate surface area is 92.6 Å². The third-order valence-corrected chi connectivity index (χ3v) is 1.96. The lowest BCUT2D eigenvalue weighted by Gasteiger charge is -2.10. The predicted octanol–water partition coefficient (Wildman–Crippen LogP) is 2.52. The van der Waals surface area contributed by atoms with Crippen molar-refractivity contribution in [3.05, 3.63) is 33.4 Å². The molecular formula is C9H6F3NO4. The van der Waals surface area contributed by atoms with Crippen LogP contribution in [0.4, 0.5) is 18.9 Å². The lowest BCUT2D eigenvalue weighted by Crippen LogP contribution is -2.12. The predicted molar refractivity (Wildman–Crippen MR) is 49.8 cm³/mol. The van der Waals surface area contributed by atoms with Crippen LogP contribution in [0.1, 0.15) is 22.8 Å². The van der Waals surface area contributed by atoms with Crippen LogP contribution in [0.2, 0.25) is 0 Å². The van der Waals surface area contributed by atoms with Crippen molar-refractivity contribution < 1.29 is 28.0 Å². The van der Waals surface area contributed by atoms with Crippen LogP contribution in [0.15, 0.2) is 12.1 Å². The summed E-state index contributed by atoms with van der Waals surface area (Å²) in [6, 6.07) is 0.848. The molecule has 0 saturated carbocycles. The van der Waals surface area contributed by atoms with Crippen molar-refractivity contribution in [1.82, 2.24) is 0 Å². The minimum Gasteiger partial charge on any atom is -0.508 e. The smallest absolute Gasteiger partial charge is 0.423 e. The molecule has 1 aromatic rings. The molecule has 0 radical (unpaired) electrons. The van der Waals surface area contributed by atoms with Gasteiger partial charge in [0.05, 0.1) is 10.5 Å². The second kappa shape index (κ2) is 4.04. The van der Waals surface area contributed by atoms with Crippen molar-refractivity contribution in [3.63, 3.8) is 0 Å². The average Bonchev–Trinajstić information content (AvgIpc) is 2.14. The molecule has 0 unspecified atom stereocenters. The third kappa shape index (κ3) is 2.52. The second-order valence-corrected chi connectivity index (χ2v) is 3.20. The first-order chi connectivity index (χ1) is 7.64. The molecule has 0 aliphatic heterocycles. The Hall–Kier alpha value is -2.12. The highest BCUT2D eigenvalue weighted by Crippen LogP contribution is 2.40. The monoisotopic (exact) mass is 249 g/mol. The molecule has 17 heavy (non-hydrogen) atoms. The minimum atomic E-state index is -5.02. The molecule has 8 heteroatoms. The van der Waals surface area contributed by atoms with Crippen LogP contribution in [0, 0.1) is 10.1 Å². The summed E-state index contributed by atoms with van der Waals surface area (Å²) in [7, 11) is 0. The summed E-state index contributed by atoms with van der Waals surface area (Å²) in [5.41, 5.74) is -3.77. The summed E-state index contributed by atoms with van der Waals surface area (Å²) in [6.07, 6.45) is -5.02. The molecule has 0 saturated heterocycles. The molecule has 1 N–H and O–H groups in total. The van der Waals surface area contributed by atoms with Gasteiger partial charge in [0.25, 0.3) is 5.69 Å². The molecule has 1 rings (SSSR count). The molecule has 92 valence electrons. The number of phenolic OH excluding ortho intramolecular Hbond substituents is 1. The maximum Gasteiger partial charge on any atom is 0.423 e. The number of nitrogens with zero attached hydrogens (tertiary/aromatic N) is 1. The number of benzene rings is 1. The number of carbonyl (C=O) groups excluding carboxylic acids is 1. The summed E-state index contributed by atoms with van der Waals surface area (Å²) in [6.45, 7) is 0.877. The van der Waals surface area contributed by atoms with Crippen molar-refractivity contribution in [3.8, 4) is 5.75 Å². The van der Waals surface area contributed by atoms with Crippen molar-refractivity contribution in [2.75, 3.05) is 0 Å². The van der Waals surface area contributed by atoms with E-state index in [9.17, 15) is 28.1 Å². The molecule has 0 amide bonds. The van der Waals surface area contributed by atoms with Crippen molar-refractivity contribution in [1.29, 1.82) is 0 Å². The molecule has 1 aromatic carbocycles. The van der Waals surface area contributed by atoms with Gasteiger partial charge in [-0.15, -0.1) is 0 Å². The fourth-order valence-corrected chi connectivity index (χ4v) is 1.30. The molecular weight excluding hydrogens is 243 g/mol. The SMILES string of the molecule is CC(=O)c1cc(O)cc(C(F)(F)F)c1[N+](=O)[O-]. The molecule has 0 heterocycles. The number of nitro benzene ring substituents is 1. The van der Waals surface area contributed by atoms with Gasteiger partial charge in [-0.3, -0.25) is 14.9 Å². The van der Waals surface area contributed by atoms with Gasteiger partial charge in [-0.1, -0.05) is 0 Å². The number of alkyl halides is 3. The van der Waals surface area contributed by atoms with E-state index in [2.05, 4.69) is 0 Å². The number of carbonyl (C=O) groups is 1. The Balaban J connectivity index is 3.70. The zero-order valence-electron chi connectivity index (χ0n) is 8.41. The normalized spacial score (nSPS) is 11.3. The third-order valence-electron chi connectivity index (χ3n) is 1.96. The van der Waals surface area contributed by atoms with Crippen molar-refractivity contribution in [2.24, 2.45) is 0 Å². The molecule has 0 aromatic heterocycles. The van der Waals surface area contributed by atoms with E-state index in [-0.39, 0.29) is 6.07 Å². The van der Waals surface area contributed by atoms with Crippen LogP contribution in [0.3, 0.4) is 0 Å². The first-order valence-corrected chi connectivity index (χ1v) is 4.24. The number of rotatable bonds is 2. The Morgan fingerprint density at radius 3 is 2.29 bits per heavy atom. The van der Waals surface area contributed by atoms with Crippen LogP contribution >= 0.6 is 0 Å². The number of halogens is 3. The van der Waals surface area contributed by atoms with E-state index in [1.54, 1.807) is 0 Å². The van der Waals surface area contributed by atoms with E-state index in [1.807, 2.05) is 0 Å². The molecule has 0 bridgehead atoms. The van der Waals surface area contributed by atoms with E-state index >= 15 is 0 Å². The highest BCUT2D eigenvalue weighted by atomic mass is 19.4. The largest absolute Gasteiger partial charge is 0.508 e. The number of aromatic hydroxyl groups is 1. The van der Waals surface area contributed by atoms with E-state index in [0.29, 0.717) is 6.07 Å². The van der Waals surface area contributed by atoms with Crippen LogP contribution in [0.25, 0.3) is 0 Å². The number of phenols is 1. The summed E-state index contributed by atoms with van der Waals surface area (Å²) in [4.78, 5) is 20.3. The topological polar surface area (TPSA) is 80.4 Å². The maximum atomic E-state index is 12.5. The quantitative estimate of drug-likeness (QED) is 0.496. The molecule has 0 spiro atoms. The number of ketones is 1. The van der Waals surface area contributed by atoms with Gasteiger partial charge in [-0.05, 0) is 19.1 Å². The maximum absolute atomic E-state index is 12.5. The minimum absolute atomic E-state index is 0.213. The van der Waals surface area contributed by atoms with Gasteiger partial charge in [0.2, 0.25) is 0 Å². The summed E-state index contributed by atoms with van der Waals surface area (Å²) >= 11 is 0. The van der Waals surface area contributed by atoms with E-state index in [4.69, 9.17) is 5.11 Å². The molecule has 0 fully saturated rings. The number of hydrogen-bond donors (Lipinski definition) is 1. The van der Waals surface area contributed by atoms with Crippen molar-refractivity contribution >= 4 is 11.5 Å². The summed E-state index contributed by atoms with van der Waals surface area (Å²) in [5.74, 6) is -1.79. The highest BCUT2D eigenvalue weighted by molar-refractivity contribution is 5.99. The van der Waals surface area contributed by atoms with E-state index < -0.39 is 39.4 Å². The van der Waals surface area contributed by atoms with Crippen LogP contribution in [-0.2, 0) is 6.18 Å². The van der Waals surface area contributed by atoms with E-state index in [0.717, 1.165) is 6.92 Å². The lowest BCUT2D eigenvalue weighted by molar-refractivity contribution is -0.388. The van der Waals surface area contributed by atoms with Crippen LogP contribution < -0.4 is 0 Å². The van der Waals surface area contributed by atoms with Gasteiger partial charge >= 0.3 is 6.18 Å². The second-order valence-electron chi connectivity index (χ2n) is 3.20. The van der Waals surface area contributed by atoms with Crippen LogP contribution in [-0.4, -0.2) is 15.8 Å². The van der Waals surface area contributed by atoms with Gasteiger partial charge in [-0.2, -0.15) is 13.2 Å². The van der Waals surface area contributed by atoms with Gasteiger partial charge in [0, 0.05) is 0 Å². The lowest BCUT2D eigenvalue weighted by atomic mass is 10.0. The Morgan fingerprint density at radius 1 is 1.41 bits per heavy atom. The van der Waals surface area contributed by atoms with Gasteiger partial charge < -0.3 is 5.11 Å². The summed E-state index contributed by atoms with van der Waals surface area (Å²) < 4.78 is 37.5. The van der Waals surface area contributed by atoms with E-state index in [1.165, 1.54) is 0 Å². The molecule has 0 atom stereocenters. The van der Waals surface area contributed by atoms with Gasteiger partial charge in [-0.25, -0.2) is 0 Å². The first kappa shape index (κ1) is 12.9. The fraction of sp³-hybridized carbons (Fsp3) is 0.222. The Kier molecular flexibility index (Phi) is 3.08. The first-order valence-electron chi connectivity index (χ1n) is 4.24. The fourth-order valence-electron chi connectivity index (χ4n) is 1.30. The average molecular weight is 249 g/mol. The number of nitro groups is 1. The zero-order valence-corrected chi connectivity index (χ0v) is 8.41. The zero-order chi connectivity index (χ0) is 13.4. The standard InChI is InChI=1S/C9H6F3NO4/c1-4(14)6-2-5(15)3-7(9(10,11)12)8(6)13(16)17/h2-3,15H,1H3. The molecule has 0 aliphatic rings. The Morgan fingerprint density at radius 2 is 1.94 bits per heavy atom. The van der Waals surface area contributed by atoms with Gasteiger partial charge in [0.1, 0.15) is 11.3 Å².